The third kappa shape index (κ3) is 4.08. The van der Waals surface area contributed by atoms with Gasteiger partial charge < -0.3 is 19.9 Å². The standard InChI is InChI=1S/C19H20ClN3O3/c1-26-17-8-7-14(13-16(17)20)21-18(24)19(25)23-11-9-22(10-12-23)15-5-3-2-4-6-15/h2-8,13H,9-12H2,1H3,(H,21,24). The van der Waals surface area contributed by atoms with Crippen LogP contribution in [0.2, 0.25) is 5.02 Å². The zero-order valence-electron chi connectivity index (χ0n) is 14.4. The number of methoxy groups -OCH3 is 1. The van der Waals surface area contributed by atoms with E-state index in [2.05, 4.69) is 10.2 Å². The van der Waals surface area contributed by atoms with Crippen LogP contribution < -0.4 is 15.0 Å². The number of nitrogens with zero attached hydrogens (tertiary/aromatic N) is 2. The number of halogens is 1. The first kappa shape index (κ1) is 18.1. The number of nitrogens with one attached hydrogen (secondary N) is 1. The van der Waals surface area contributed by atoms with Gasteiger partial charge >= 0.3 is 11.8 Å². The van der Waals surface area contributed by atoms with Gasteiger partial charge in [-0.15, -0.1) is 0 Å². The second-order valence-electron chi connectivity index (χ2n) is 5.92. The highest BCUT2D eigenvalue weighted by molar-refractivity contribution is 6.39. The number of hydrogen-bond donors (Lipinski definition) is 1. The third-order valence-corrected chi connectivity index (χ3v) is 4.59. The number of hydrogen-bond acceptors (Lipinski definition) is 4. The van der Waals surface area contributed by atoms with Crippen LogP contribution in [0.15, 0.2) is 48.5 Å². The van der Waals surface area contributed by atoms with Crippen LogP contribution >= 0.6 is 11.6 Å². The Hall–Kier alpha value is -2.73. The monoisotopic (exact) mass is 373 g/mol. The van der Waals surface area contributed by atoms with Gasteiger partial charge in [-0.2, -0.15) is 0 Å². The normalized spacial score (nSPS) is 14.1. The molecule has 0 aromatic heterocycles. The highest BCUT2D eigenvalue weighted by Gasteiger charge is 2.26. The molecule has 0 aliphatic carbocycles. The van der Waals surface area contributed by atoms with E-state index in [1.165, 1.54) is 7.11 Å². The van der Waals surface area contributed by atoms with Gasteiger partial charge in [0.25, 0.3) is 0 Å². The topological polar surface area (TPSA) is 61.9 Å². The van der Waals surface area contributed by atoms with E-state index in [9.17, 15) is 9.59 Å². The van der Waals surface area contributed by atoms with Crippen molar-refractivity contribution < 1.29 is 14.3 Å². The van der Waals surface area contributed by atoms with Crippen LogP contribution in [0.3, 0.4) is 0 Å². The van der Waals surface area contributed by atoms with Crippen molar-refractivity contribution in [2.45, 2.75) is 0 Å². The van der Waals surface area contributed by atoms with Crippen molar-refractivity contribution in [2.75, 3.05) is 43.5 Å². The van der Waals surface area contributed by atoms with E-state index in [4.69, 9.17) is 16.3 Å². The summed E-state index contributed by atoms with van der Waals surface area (Å²) in [6.45, 7) is 2.39. The second-order valence-corrected chi connectivity index (χ2v) is 6.33. The van der Waals surface area contributed by atoms with Gasteiger partial charge in [0.15, 0.2) is 0 Å². The number of amides is 2. The average Bonchev–Trinajstić information content (AvgIpc) is 2.68. The van der Waals surface area contributed by atoms with Gasteiger partial charge in [0.1, 0.15) is 5.75 Å². The molecule has 136 valence electrons. The Morgan fingerprint density at radius 2 is 1.73 bits per heavy atom. The van der Waals surface area contributed by atoms with E-state index in [1.807, 2.05) is 30.3 Å². The minimum atomic E-state index is -0.667. The maximum absolute atomic E-state index is 12.4. The highest BCUT2D eigenvalue weighted by Crippen LogP contribution is 2.27. The second kappa shape index (κ2) is 8.10. The Balaban J connectivity index is 1.56. The molecule has 6 nitrogen and oxygen atoms in total. The molecule has 3 rings (SSSR count). The van der Waals surface area contributed by atoms with E-state index in [0.29, 0.717) is 42.6 Å². The van der Waals surface area contributed by atoms with Crippen molar-refractivity contribution in [1.82, 2.24) is 4.90 Å². The fourth-order valence-electron chi connectivity index (χ4n) is 2.88. The molecule has 0 spiro atoms. The van der Waals surface area contributed by atoms with Crippen LogP contribution in [0.25, 0.3) is 0 Å². The van der Waals surface area contributed by atoms with Gasteiger partial charge in [-0.25, -0.2) is 0 Å². The van der Waals surface area contributed by atoms with Gasteiger partial charge in [-0.05, 0) is 30.3 Å². The van der Waals surface area contributed by atoms with Crippen LogP contribution in [0.4, 0.5) is 11.4 Å². The number of anilines is 2. The summed E-state index contributed by atoms with van der Waals surface area (Å²) in [5.74, 6) is -0.697. The number of para-hydroxylation sites is 1. The average molecular weight is 374 g/mol. The highest BCUT2D eigenvalue weighted by atomic mass is 35.5. The Labute approximate surface area is 157 Å². The molecule has 1 saturated heterocycles. The minimum Gasteiger partial charge on any atom is -0.495 e. The summed E-state index contributed by atoms with van der Waals surface area (Å²) in [4.78, 5) is 28.4. The molecule has 0 unspecified atom stereocenters. The van der Waals surface area contributed by atoms with Gasteiger partial charge in [0, 0.05) is 37.6 Å². The fraction of sp³-hybridized carbons (Fsp3) is 0.263. The molecule has 1 aliphatic heterocycles. The molecule has 0 atom stereocenters. The van der Waals surface area contributed by atoms with Crippen molar-refractivity contribution in [3.63, 3.8) is 0 Å². The number of carbonyl (C=O) groups excluding carboxylic acids is 2. The lowest BCUT2D eigenvalue weighted by molar-refractivity contribution is -0.143. The van der Waals surface area contributed by atoms with Gasteiger partial charge in [0.05, 0.1) is 12.1 Å². The molecule has 1 heterocycles. The fourth-order valence-corrected chi connectivity index (χ4v) is 3.14. The van der Waals surface area contributed by atoms with E-state index < -0.39 is 11.8 Å². The van der Waals surface area contributed by atoms with E-state index in [-0.39, 0.29) is 0 Å². The van der Waals surface area contributed by atoms with Crippen molar-refractivity contribution in [2.24, 2.45) is 0 Å². The van der Waals surface area contributed by atoms with Crippen molar-refractivity contribution >= 4 is 34.8 Å². The number of carbonyl (C=O) groups is 2. The van der Waals surface area contributed by atoms with E-state index in [0.717, 1.165) is 5.69 Å². The van der Waals surface area contributed by atoms with Crippen molar-refractivity contribution in [3.05, 3.63) is 53.6 Å². The summed E-state index contributed by atoms with van der Waals surface area (Å²) in [5, 5.41) is 2.96. The molecule has 0 radical (unpaired) electrons. The number of piperazine rings is 1. The van der Waals surface area contributed by atoms with Crippen LogP contribution in [-0.4, -0.2) is 50.0 Å². The Morgan fingerprint density at radius 3 is 2.35 bits per heavy atom. The van der Waals surface area contributed by atoms with Crippen LogP contribution in [0, 0.1) is 0 Å². The van der Waals surface area contributed by atoms with Crippen molar-refractivity contribution in [1.29, 1.82) is 0 Å². The zero-order valence-corrected chi connectivity index (χ0v) is 15.2. The lowest BCUT2D eigenvalue weighted by atomic mass is 10.2. The molecule has 1 N–H and O–H groups in total. The predicted octanol–water partition coefficient (Wildman–Crippen LogP) is 2.64. The number of rotatable bonds is 3. The molecular weight excluding hydrogens is 354 g/mol. The van der Waals surface area contributed by atoms with Gasteiger partial charge in [0.2, 0.25) is 0 Å². The first-order chi connectivity index (χ1) is 12.6. The maximum Gasteiger partial charge on any atom is 0.313 e. The Kier molecular flexibility index (Phi) is 5.63. The summed E-state index contributed by atoms with van der Waals surface area (Å²) in [6, 6.07) is 14.9. The van der Waals surface area contributed by atoms with Crippen LogP contribution in [-0.2, 0) is 9.59 Å². The quantitative estimate of drug-likeness (QED) is 0.840. The summed E-state index contributed by atoms with van der Waals surface area (Å²) in [6.07, 6.45) is 0. The predicted molar refractivity (Wildman–Crippen MR) is 102 cm³/mol. The maximum atomic E-state index is 12.4. The zero-order chi connectivity index (χ0) is 18.5. The molecule has 26 heavy (non-hydrogen) atoms. The van der Waals surface area contributed by atoms with E-state index in [1.54, 1.807) is 23.1 Å². The first-order valence-corrected chi connectivity index (χ1v) is 8.70. The molecule has 1 fully saturated rings. The smallest absolute Gasteiger partial charge is 0.313 e. The molecule has 7 heteroatoms. The molecule has 1 aliphatic rings. The molecule has 0 saturated carbocycles. The van der Waals surface area contributed by atoms with E-state index >= 15 is 0 Å². The lowest BCUT2D eigenvalue weighted by Crippen LogP contribution is -2.51. The molecular formula is C19H20ClN3O3. The lowest BCUT2D eigenvalue weighted by Gasteiger charge is -2.35. The molecule has 0 bridgehead atoms. The minimum absolute atomic E-state index is 0.370. The third-order valence-electron chi connectivity index (χ3n) is 4.29. The summed E-state index contributed by atoms with van der Waals surface area (Å²) >= 11 is 6.04. The Morgan fingerprint density at radius 1 is 1.04 bits per heavy atom. The summed E-state index contributed by atoms with van der Waals surface area (Å²) in [7, 11) is 1.51. The molecule has 2 aromatic carbocycles. The van der Waals surface area contributed by atoms with Crippen LogP contribution in [0.1, 0.15) is 0 Å². The number of benzene rings is 2. The summed E-state index contributed by atoms with van der Waals surface area (Å²) in [5.41, 5.74) is 1.58. The molecule has 2 aromatic rings. The first-order valence-electron chi connectivity index (χ1n) is 8.32. The SMILES string of the molecule is COc1ccc(NC(=O)C(=O)N2CCN(c3ccccc3)CC2)cc1Cl. The van der Waals surface area contributed by atoms with Gasteiger partial charge in [-0.3, -0.25) is 9.59 Å². The molecule has 2 amide bonds. The number of ether oxygens (including phenoxy) is 1. The Bertz CT molecular complexity index is 790. The largest absolute Gasteiger partial charge is 0.495 e. The van der Waals surface area contributed by atoms with Crippen molar-refractivity contribution in [3.8, 4) is 5.75 Å². The van der Waals surface area contributed by atoms with Gasteiger partial charge in [-0.1, -0.05) is 29.8 Å². The summed E-state index contributed by atoms with van der Waals surface area (Å²) < 4.78 is 5.07. The van der Waals surface area contributed by atoms with Crippen LogP contribution in [0.5, 0.6) is 5.75 Å².